The second-order valence-corrected chi connectivity index (χ2v) is 3.58. The molecule has 0 bridgehead atoms. The van der Waals surface area contributed by atoms with Crippen LogP contribution in [0.3, 0.4) is 0 Å². The molecule has 5 heteroatoms. The molecule has 0 saturated carbocycles. The molecule has 0 unspecified atom stereocenters. The highest BCUT2D eigenvalue weighted by atomic mass is 16.5. The molecule has 0 aliphatic heterocycles. The summed E-state index contributed by atoms with van der Waals surface area (Å²) in [5.41, 5.74) is 1.24. The lowest BCUT2D eigenvalue weighted by Gasteiger charge is -2.07. The Hall–Kier alpha value is -2.17. The van der Waals surface area contributed by atoms with Crippen molar-refractivity contribution in [2.24, 2.45) is 0 Å². The number of nitrogens with zero attached hydrogens (tertiary/aromatic N) is 1. The summed E-state index contributed by atoms with van der Waals surface area (Å²) >= 11 is 0. The minimum atomic E-state index is -0.479. The molecular formula is C14H17NO4. The Morgan fingerprint density at radius 3 is 2.37 bits per heavy atom. The van der Waals surface area contributed by atoms with E-state index in [1.54, 1.807) is 32.9 Å². The Morgan fingerprint density at radius 1 is 1.21 bits per heavy atom. The lowest BCUT2D eigenvalue weighted by molar-refractivity contribution is -0.136. The number of pyridine rings is 1. The van der Waals surface area contributed by atoms with Crippen LogP contribution in [0, 0.1) is 0 Å². The van der Waals surface area contributed by atoms with Gasteiger partial charge in [-0.25, -0.2) is 14.6 Å². The van der Waals surface area contributed by atoms with Crippen LogP contribution in [0.1, 0.15) is 36.8 Å². The molecule has 0 fully saturated rings. The normalized spacial score (nSPS) is 11.0. The summed E-state index contributed by atoms with van der Waals surface area (Å²) in [5, 5.41) is 0. The van der Waals surface area contributed by atoms with E-state index in [0.29, 0.717) is 24.4 Å². The Labute approximate surface area is 112 Å². The topological polar surface area (TPSA) is 65.5 Å². The van der Waals surface area contributed by atoms with Gasteiger partial charge in [-0.2, -0.15) is 0 Å². The van der Waals surface area contributed by atoms with E-state index in [-0.39, 0.29) is 5.69 Å². The van der Waals surface area contributed by atoms with Crippen molar-refractivity contribution in [1.82, 2.24) is 4.98 Å². The molecule has 0 saturated heterocycles. The maximum Gasteiger partial charge on any atom is 0.356 e. The Kier molecular flexibility index (Phi) is 5.73. The number of carbonyl (C=O) groups is 2. The molecule has 0 aliphatic carbocycles. The van der Waals surface area contributed by atoms with Gasteiger partial charge in [-0.3, -0.25) is 0 Å². The molecule has 0 spiro atoms. The average molecular weight is 263 g/mol. The fourth-order valence-electron chi connectivity index (χ4n) is 1.49. The third kappa shape index (κ3) is 3.91. The summed E-state index contributed by atoms with van der Waals surface area (Å²) in [5.74, 6) is -0.886. The average Bonchev–Trinajstić information content (AvgIpc) is 2.41. The van der Waals surface area contributed by atoms with Gasteiger partial charge in [-0.1, -0.05) is 12.1 Å². The molecule has 0 N–H and O–H groups in total. The number of carbonyl (C=O) groups excluding carboxylic acids is 2. The molecule has 19 heavy (non-hydrogen) atoms. The maximum absolute atomic E-state index is 11.7. The van der Waals surface area contributed by atoms with Crippen LogP contribution in [0.25, 0.3) is 5.57 Å². The first-order chi connectivity index (χ1) is 9.13. The lowest BCUT2D eigenvalue weighted by atomic mass is 10.1. The van der Waals surface area contributed by atoms with Gasteiger partial charge in [0.1, 0.15) is 5.69 Å². The van der Waals surface area contributed by atoms with E-state index >= 15 is 0 Å². The summed E-state index contributed by atoms with van der Waals surface area (Å²) in [6.45, 7) is 5.82. The van der Waals surface area contributed by atoms with Gasteiger partial charge in [-0.05, 0) is 26.8 Å². The molecule has 0 aromatic carbocycles. The minimum Gasteiger partial charge on any atom is -0.462 e. The van der Waals surface area contributed by atoms with Gasteiger partial charge in [0.05, 0.1) is 18.8 Å². The largest absolute Gasteiger partial charge is 0.462 e. The van der Waals surface area contributed by atoms with E-state index in [1.165, 1.54) is 12.3 Å². The van der Waals surface area contributed by atoms with E-state index in [9.17, 15) is 9.59 Å². The van der Waals surface area contributed by atoms with E-state index in [4.69, 9.17) is 9.47 Å². The van der Waals surface area contributed by atoms with Crippen LogP contribution >= 0.6 is 0 Å². The number of rotatable bonds is 5. The maximum atomic E-state index is 11.7. The molecule has 1 rings (SSSR count). The standard InChI is InChI=1S/C14H17NO4/c1-4-11(13(16)18-5-2)10-7-8-12(15-9-10)14(17)19-6-3/h4,7-9H,5-6H2,1-3H3/b11-4-. The third-order valence-corrected chi connectivity index (χ3v) is 2.34. The highest BCUT2D eigenvalue weighted by Crippen LogP contribution is 2.15. The number of ether oxygens (including phenoxy) is 2. The summed E-state index contributed by atoms with van der Waals surface area (Å²) in [4.78, 5) is 27.1. The van der Waals surface area contributed by atoms with E-state index < -0.39 is 11.9 Å². The van der Waals surface area contributed by atoms with Gasteiger partial charge in [0.15, 0.2) is 0 Å². The van der Waals surface area contributed by atoms with Gasteiger partial charge in [-0.15, -0.1) is 0 Å². The SMILES string of the molecule is C/C=C(\C(=O)OCC)c1ccc(C(=O)OCC)nc1. The molecule has 0 aliphatic rings. The van der Waals surface area contributed by atoms with Crippen LogP contribution in [0.5, 0.6) is 0 Å². The molecular weight excluding hydrogens is 246 g/mol. The van der Waals surface area contributed by atoms with Crippen LogP contribution in [0.15, 0.2) is 24.4 Å². The van der Waals surface area contributed by atoms with E-state index in [1.807, 2.05) is 0 Å². The van der Waals surface area contributed by atoms with Gasteiger partial charge in [0.2, 0.25) is 0 Å². The van der Waals surface area contributed by atoms with E-state index in [2.05, 4.69) is 4.98 Å². The fourth-order valence-corrected chi connectivity index (χ4v) is 1.49. The van der Waals surface area contributed by atoms with Gasteiger partial charge >= 0.3 is 11.9 Å². The Morgan fingerprint density at radius 2 is 1.89 bits per heavy atom. The van der Waals surface area contributed by atoms with Crippen molar-refractivity contribution in [1.29, 1.82) is 0 Å². The summed E-state index contributed by atoms with van der Waals surface area (Å²) in [7, 11) is 0. The second kappa shape index (κ2) is 7.31. The zero-order valence-electron chi connectivity index (χ0n) is 11.3. The first-order valence-corrected chi connectivity index (χ1v) is 6.11. The summed E-state index contributed by atoms with van der Waals surface area (Å²) in [6.07, 6.45) is 3.11. The van der Waals surface area contributed by atoms with Crippen molar-refractivity contribution >= 4 is 17.5 Å². The number of aromatic nitrogens is 1. The van der Waals surface area contributed by atoms with Crippen molar-refractivity contribution < 1.29 is 19.1 Å². The first-order valence-electron chi connectivity index (χ1n) is 6.11. The fraction of sp³-hybridized carbons (Fsp3) is 0.357. The Balaban J connectivity index is 2.91. The van der Waals surface area contributed by atoms with Crippen LogP contribution < -0.4 is 0 Å². The Bertz CT molecular complexity index is 477. The monoisotopic (exact) mass is 263 g/mol. The van der Waals surface area contributed by atoms with Gasteiger partial charge in [0, 0.05) is 11.8 Å². The number of esters is 2. The van der Waals surface area contributed by atoms with Crippen LogP contribution in [-0.2, 0) is 14.3 Å². The molecule has 1 aromatic rings. The van der Waals surface area contributed by atoms with Crippen LogP contribution in [0.2, 0.25) is 0 Å². The van der Waals surface area contributed by atoms with Crippen molar-refractivity contribution in [3.63, 3.8) is 0 Å². The van der Waals surface area contributed by atoms with Crippen molar-refractivity contribution in [2.75, 3.05) is 13.2 Å². The molecule has 5 nitrogen and oxygen atoms in total. The zero-order valence-corrected chi connectivity index (χ0v) is 11.3. The summed E-state index contributed by atoms with van der Waals surface area (Å²) in [6, 6.07) is 3.17. The smallest absolute Gasteiger partial charge is 0.356 e. The zero-order chi connectivity index (χ0) is 14.3. The predicted octanol–water partition coefficient (Wildman–Crippen LogP) is 2.22. The highest BCUT2D eigenvalue weighted by Gasteiger charge is 2.14. The highest BCUT2D eigenvalue weighted by molar-refractivity contribution is 6.16. The van der Waals surface area contributed by atoms with Crippen molar-refractivity contribution in [2.45, 2.75) is 20.8 Å². The van der Waals surface area contributed by atoms with Crippen LogP contribution in [0.4, 0.5) is 0 Å². The van der Waals surface area contributed by atoms with E-state index in [0.717, 1.165) is 0 Å². The first kappa shape index (κ1) is 14.9. The number of hydrogen-bond donors (Lipinski definition) is 0. The predicted molar refractivity (Wildman–Crippen MR) is 70.5 cm³/mol. The second-order valence-electron chi connectivity index (χ2n) is 3.58. The number of allylic oxidation sites excluding steroid dienone is 1. The van der Waals surface area contributed by atoms with Gasteiger partial charge < -0.3 is 9.47 Å². The molecule has 102 valence electrons. The molecule has 0 amide bonds. The molecule has 1 heterocycles. The molecule has 0 radical (unpaired) electrons. The molecule has 0 atom stereocenters. The number of hydrogen-bond acceptors (Lipinski definition) is 5. The summed E-state index contributed by atoms with van der Waals surface area (Å²) < 4.78 is 9.77. The minimum absolute atomic E-state index is 0.213. The van der Waals surface area contributed by atoms with Crippen LogP contribution in [-0.4, -0.2) is 30.1 Å². The van der Waals surface area contributed by atoms with Crippen molar-refractivity contribution in [3.8, 4) is 0 Å². The molecule has 1 aromatic heterocycles. The van der Waals surface area contributed by atoms with Crippen molar-refractivity contribution in [3.05, 3.63) is 35.7 Å². The quantitative estimate of drug-likeness (QED) is 0.602. The van der Waals surface area contributed by atoms with Gasteiger partial charge in [0.25, 0.3) is 0 Å². The third-order valence-electron chi connectivity index (χ3n) is 2.34. The lowest BCUT2D eigenvalue weighted by Crippen LogP contribution is -2.09.